The van der Waals surface area contributed by atoms with Crippen molar-refractivity contribution in [1.82, 2.24) is 25.0 Å². The van der Waals surface area contributed by atoms with Crippen molar-refractivity contribution in [3.05, 3.63) is 29.2 Å². The number of nitrogens with two attached hydrogens (primary N) is 1. The Balaban J connectivity index is 1.74. The molecule has 8 heteroatoms. The molecule has 146 valence electrons. The Morgan fingerprint density at radius 3 is 2.78 bits per heavy atom. The van der Waals surface area contributed by atoms with Crippen molar-refractivity contribution in [1.29, 1.82) is 0 Å². The van der Waals surface area contributed by atoms with Gasteiger partial charge in [-0.3, -0.25) is 4.79 Å². The first-order chi connectivity index (χ1) is 12.8. The molecule has 0 bridgehead atoms. The van der Waals surface area contributed by atoms with Gasteiger partial charge in [0.1, 0.15) is 5.69 Å². The standard InChI is InChI=1S/C19H28N6O2/c1-11(2)8-16-23-17(27-24-16)13-6-5-7-25(10-13)18(26)15-9-14(12(3)4)21-19(20)22-15/h9,11-13H,5-8,10H2,1-4H3,(H2,20,21,22)/t13-/m1/s1. The lowest BCUT2D eigenvalue weighted by Crippen LogP contribution is -2.39. The van der Waals surface area contributed by atoms with E-state index in [1.807, 2.05) is 13.8 Å². The zero-order valence-electron chi connectivity index (χ0n) is 16.5. The lowest BCUT2D eigenvalue weighted by atomic mass is 9.97. The number of anilines is 1. The molecule has 2 aromatic rings. The van der Waals surface area contributed by atoms with Crippen LogP contribution in [0.1, 0.15) is 80.3 Å². The number of nitrogen functional groups attached to an aromatic ring is 1. The van der Waals surface area contributed by atoms with Gasteiger partial charge in [0.05, 0.1) is 5.92 Å². The van der Waals surface area contributed by atoms with Gasteiger partial charge in [0.25, 0.3) is 5.91 Å². The summed E-state index contributed by atoms with van der Waals surface area (Å²) < 4.78 is 5.46. The Morgan fingerprint density at radius 1 is 1.30 bits per heavy atom. The fourth-order valence-electron chi connectivity index (χ4n) is 3.30. The lowest BCUT2D eigenvalue weighted by molar-refractivity contribution is 0.0689. The van der Waals surface area contributed by atoms with Gasteiger partial charge in [-0.1, -0.05) is 32.9 Å². The van der Waals surface area contributed by atoms with E-state index in [1.54, 1.807) is 11.0 Å². The van der Waals surface area contributed by atoms with E-state index in [0.29, 0.717) is 30.6 Å². The van der Waals surface area contributed by atoms with Crippen LogP contribution < -0.4 is 5.73 Å². The molecule has 0 aromatic carbocycles. The summed E-state index contributed by atoms with van der Waals surface area (Å²) in [6, 6.07) is 1.74. The molecule has 0 spiro atoms. The Labute approximate surface area is 159 Å². The zero-order chi connectivity index (χ0) is 19.6. The smallest absolute Gasteiger partial charge is 0.272 e. The van der Waals surface area contributed by atoms with E-state index in [4.69, 9.17) is 10.3 Å². The third kappa shape index (κ3) is 4.61. The second-order valence-corrected chi connectivity index (χ2v) is 7.93. The molecule has 0 radical (unpaired) electrons. The number of hydrogen-bond acceptors (Lipinski definition) is 7. The fraction of sp³-hybridized carbons (Fsp3) is 0.632. The number of amides is 1. The van der Waals surface area contributed by atoms with Crippen LogP contribution in [0.15, 0.2) is 10.6 Å². The van der Waals surface area contributed by atoms with E-state index < -0.39 is 0 Å². The topological polar surface area (TPSA) is 111 Å². The van der Waals surface area contributed by atoms with Gasteiger partial charge in [0, 0.05) is 25.2 Å². The summed E-state index contributed by atoms with van der Waals surface area (Å²) in [5.74, 6) is 2.06. The third-order valence-electron chi connectivity index (χ3n) is 4.71. The van der Waals surface area contributed by atoms with Gasteiger partial charge in [-0.25, -0.2) is 9.97 Å². The van der Waals surface area contributed by atoms with E-state index >= 15 is 0 Å². The quantitative estimate of drug-likeness (QED) is 0.859. The highest BCUT2D eigenvalue weighted by atomic mass is 16.5. The molecule has 3 heterocycles. The second-order valence-electron chi connectivity index (χ2n) is 7.93. The Bertz CT molecular complexity index is 801. The van der Waals surface area contributed by atoms with Crippen molar-refractivity contribution >= 4 is 11.9 Å². The molecule has 1 fully saturated rings. The molecular formula is C19H28N6O2. The summed E-state index contributed by atoms with van der Waals surface area (Å²) in [5, 5.41) is 4.08. The number of piperidine rings is 1. The maximum absolute atomic E-state index is 13.0. The first-order valence-electron chi connectivity index (χ1n) is 9.59. The average molecular weight is 372 g/mol. The molecule has 0 saturated carbocycles. The van der Waals surface area contributed by atoms with Crippen LogP contribution in [0.25, 0.3) is 0 Å². The summed E-state index contributed by atoms with van der Waals surface area (Å²) in [6.07, 6.45) is 2.60. The van der Waals surface area contributed by atoms with E-state index in [2.05, 4.69) is 34.0 Å². The minimum Gasteiger partial charge on any atom is -0.368 e. The van der Waals surface area contributed by atoms with Crippen LogP contribution in [-0.2, 0) is 6.42 Å². The van der Waals surface area contributed by atoms with Crippen LogP contribution in [0.2, 0.25) is 0 Å². The molecule has 3 rings (SSSR count). The lowest BCUT2D eigenvalue weighted by Gasteiger charge is -2.30. The molecule has 0 aliphatic carbocycles. The van der Waals surface area contributed by atoms with Crippen LogP contribution in [0, 0.1) is 5.92 Å². The SMILES string of the molecule is CC(C)Cc1noc([C@@H]2CCCN(C(=O)c3cc(C(C)C)nc(N)n3)C2)n1. The molecular weight excluding hydrogens is 344 g/mol. The third-order valence-corrected chi connectivity index (χ3v) is 4.71. The first-order valence-corrected chi connectivity index (χ1v) is 9.59. The highest BCUT2D eigenvalue weighted by Crippen LogP contribution is 2.27. The van der Waals surface area contributed by atoms with Crippen LogP contribution in [0.5, 0.6) is 0 Å². The molecule has 1 aliphatic heterocycles. The number of rotatable bonds is 5. The van der Waals surface area contributed by atoms with Gasteiger partial charge in [0.2, 0.25) is 11.8 Å². The van der Waals surface area contributed by atoms with Crippen LogP contribution >= 0.6 is 0 Å². The number of carbonyl (C=O) groups excluding carboxylic acids is 1. The highest BCUT2D eigenvalue weighted by Gasteiger charge is 2.30. The first kappa shape index (κ1) is 19.3. The van der Waals surface area contributed by atoms with Gasteiger partial charge in [-0.2, -0.15) is 4.98 Å². The van der Waals surface area contributed by atoms with Crippen molar-refractivity contribution in [2.24, 2.45) is 5.92 Å². The zero-order valence-corrected chi connectivity index (χ0v) is 16.5. The minimum atomic E-state index is -0.127. The maximum atomic E-state index is 13.0. The molecule has 1 aliphatic rings. The van der Waals surface area contributed by atoms with Crippen molar-refractivity contribution < 1.29 is 9.32 Å². The van der Waals surface area contributed by atoms with Gasteiger partial charge in [-0.05, 0) is 30.7 Å². The van der Waals surface area contributed by atoms with Crippen LogP contribution in [-0.4, -0.2) is 44.0 Å². The van der Waals surface area contributed by atoms with Crippen molar-refractivity contribution in [3.8, 4) is 0 Å². The van der Waals surface area contributed by atoms with E-state index in [-0.39, 0.29) is 23.7 Å². The fourth-order valence-corrected chi connectivity index (χ4v) is 3.30. The monoisotopic (exact) mass is 372 g/mol. The van der Waals surface area contributed by atoms with E-state index in [1.165, 1.54) is 0 Å². The molecule has 0 unspecified atom stereocenters. The number of likely N-dealkylation sites (tertiary alicyclic amines) is 1. The second kappa shape index (κ2) is 8.02. The molecule has 2 aromatic heterocycles. The predicted molar refractivity (Wildman–Crippen MR) is 101 cm³/mol. The van der Waals surface area contributed by atoms with Crippen molar-refractivity contribution in [3.63, 3.8) is 0 Å². The summed E-state index contributed by atoms with van der Waals surface area (Å²) in [5.41, 5.74) is 6.92. The Hall–Kier alpha value is -2.51. The van der Waals surface area contributed by atoms with Gasteiger partial charge < -0.3 is 15.2 Å². The van der Waals surface area contributed by atoms with E-state index in [9.17, 15) is 4.79 Å². The van der Waals surface area contributed by atoms with Crippen LogP contribution in [0.3, 0.4) is 0 Å². The number of aromatic nitrogens is 4. The van der Waals surface area contributed by atoms with Crippen LogP contribution in [0.4, 0.5) is 5.95 Å². The van der Waals surface area contributed by atoms with Gasteiger partial charge in [0.15, 0.2) is 5.82 Å². The molecule has 8 nitrogen and oxygen atoms in total. The van der Waals surface area contributed by atoms with Crippen molar-refractivity contribution in [2.75, 3.05) is 18.8 Å². The number of carbonyl (C=O) groups is 1. The maximum Gasteiger partial charge on any atom is 0.272 e. The number of nitrogens with zero attached hydrogens (tertiary/aromatic N) is 5. The summed E-state index contributed by atoms with van der Waals surface area (Å²) in [7, 11) is 0. The number of hydrogen-bond donors (Lipinski definition) is 1. The van der Waals surface area contributed by atoms with Gasteiger partial charge in [-0.15, -0.1) is 0 Å². The molecule has 27 heavy (non-hydrogen) atoms. The minimum absolute atomic E-state index is 0.0554. The average Bonchev–Trinajstić information content (AvgIpc) is 3.08. The van der Waals surface area contributed by atoms with Crippen molar-refractivity contribution in [2.45, 2.75) is 58.8 Å². The summed E-state index contributed by atoms with van der Waals surface area (Å²) in [6.45, 7) is 9.49. The Morgan fingerprint density at radius 2 is 2.07 bits per heavy atom. The molecule has 1 amide bonds. The van der Waals surface area contributed by atoms with E-state index in [0.717, 1.165) is 30.8 Å². The highest BCUT2D eigenvalue weighted by molar-refractivity contribution is 5.92. The predicted octanol–water partition coefficient (Wildman–Crippen LogP) is 2.78. The molecule has 1 saturated heterocycles. The largest absolute Gasteiger partial charge is 0.368 e. The Kier molecular flexibility index (Phi) is 5.72. The molecule has 1 atom stereocenters. The summed E-state index contributed by atoms with van der Waals surface area (Å²) in [4.78, 5) is 27.7. The summed E-state index contributed by atoms with van der Waals surface area (Å²) >= 11 is 0. The normalized spacial score (nSPS) is 17.7. The van der Waals surface area contributed by atoms with Gasteiger partial charge >= 0.3 is 0 Å². The molecule has 2 N–H and O–H groups in total.